The molecule has 2 aromatic rings. The summed E-state index contributed by atoms with van der Waals surface area (Å²) in [7, 11) is 1.96. The van der Waals surface area contributed by atoms with Crippen molar-refractivity contribution in [2.24, 2.45) is 0 Å². The molecule has 0 unspecified atom stereocenters. The van der Waals surface area contributed by atoms with Crippen LogP contribution in [0.25, 0.3) is 0 Å². The Hall–Kier alpha value is -1.26. The summed E-state index contributed by atoms with van der Waals surface area (Å²) in [4.78, 5) is 17.7. The highest BCUT2D eigenvalue weighted by Gasteiger charge is 2.37. The van der Waals surface area contributed by atoms with Crippen molar-refractivity contribution in [1.82, 2.24) is 9.80 Å². The molecule has 0 aromatic heterocycles. The van der Waals surface area contributed by atoms with Crippen LogP contribution in [0.3, 0.4) is 0 Å². The summed E-state index contributed by atoms with van der Waals surface area (Å²) in [6, 6.07) is 14.7. The van der Waals surface area contributed by atoms with Gasteiger partial charge in [-0.2, -0.15) is 0 Å². The second kappa shape index (κ2) is 9.70. The van der Waals surface area contributed by atoms with Gasteiger partial charge in [-0.1, -0.05) is 53.5 Å². The fourth-order valence-electron chi connectivity index (χ4n) is 4.65. The summed E-state index contributed by atoms with van der Waals surface area (Å²) in [6.07, 6.45) is 4.79. The van der Waals surface area contributed by atoms with E-state index in [9.17, 15) is 4.79 Å². The first-order chi connectivity index (χ1) is 13.5. The van der Waals surface area contributed by atoms with Crippen LogP contribution in [-0.2, 0) is 24.1 Å². The fourth-order valence-corrected chi connectivity index (χ4v) is 4.97. The van der Waals surface area contributed by atoms with Crippen LogP contribution in [0.15, 0.2) is 42.5 Å². The molecule has 2 aromatic carbocycles. The Morgan fingerprint density at radius 3 is 2.34 bits per heavy atom. The summed E-state index contributed by atoms with van der Waals surface area (Å²) < 4.78 is 0. The topological polar surface area (TPSA) is 23.6 Å². The van der Waals surface area contributed by atoms with Gasteiger partial charge in [0.15, 0.2) is 0 Å². The van der Waals surface area contributed by atoms with E-state index in [4.69, 9.17) is 23.2 Å². The van der Waals surface area contributed by atoms with Crippen LogP contribution in [0.4, 0.5) is 0 Å². The first-order valence-electron chi connectivity index (χ1n) is 10.0. The van der Waals surface area contributed by atoms with Gasteiger partial charge < -0.3 is 4.90 Å². The molecule has 0 spiro atoms. The van der Waals surface area contributed by atoms with Gasteiger partial charge in [-0.25, -0.2) is 0 Å². The molecule has 0 bridgehead atoms. The zero-order valence-corrected chi connectivity index (χ0v) is 18.9. The fraction of sp³-hybridized carbons (Fsp3) is 0.435. The summed E-state index contributed by atoms with van der Waals surface area (Å²) in [5, 5.41) is 1.01. The van der Waals surface area contributed by atoms with Crippen molar-refractivity contribution in [3.8, 4) is 0 Å². The van der Waals surface area contributed by atoms with E-state index in [0.717, 1.165) is 31.5 Å². The number of likely N-dealkylation sites (tertiary alicyclic amines) is 1. The lowest BCUT2D eigenvalue weighted by atomic mass is 9.83. The van der Waals surface area contributed by atoms with Crippen LogP contribution in [0.5, 0.6) is 0 Å². The van der Waals surface area contributed by atoms with E-state index >= 15 is 0 Å². The summed E-state index contributed by atoms with van der Waals surface area (Å²) in [5.74, 6) is 0.131. The normalized spacial score (nSPS) is 21.3. The van der Waals surface area contributed by atoms with E-state index in [0.29, 0.717) is 22.5 Å². The number of carbonyl (C=O) groups excluding carboxylic acids is 1. The van der Waals surface area contributed by atoms with Crippen LogP contribution in [-0.4, -0.2) is 47.9 Å². The molecule has 1 heterocycles. The average Bonchev–Trinajstić information content (AvgIpc) is 3.24. The monoisotopic (exact) mass is 452 g/mol. The van der Waals surface area contributed by atoms with Crippen molar-refractivity contribution < 1.29 is 4.79 Å². The lowest BCUT2D eigenvalue weighted by Crippen LogP contribution is -2.55. The maximum atomic E-state index is 13.1. The Morgan fingerprint density at radius 2 is 1.69 bits per heavy atom. The van der Waals surface area contributed by atoms with Gasteiger partial charge in [-0.05, 0) is 67.6 Å². The van der Waals surface area contributed by atoms with Gasteiger partial charge in [-0.3, -0.25) is 9.69 Å². The van der Waals surface area contributed by atoms with E-state index in [-0.39, 0.29) is 24.4 Å². The zero-order chi connectivity index (χ0) is 19.7. The highest BCUT2D eigenvalue weighted by Crippen LogP contribution is 2.30. The molecule has 1 aliphatic heterocycles. The van der Waals surface area contributed by atoms with Gasteiger partial charge in [0.05, 0.1) is 22.5 Å². The van der Waals surface area contributed by atoms with Gasteiger partial charge in [0, 0.05) is 13.1 Å². The molecule has 29 heavy (non-hydrogen) atoms. The van der Waals surface area contributed by atoms with Crippen molar-refractivity contribution in [3.63, 3.8) is 0 Å². The summed E-state index contributed by atoms with van der Waals surface area (Å²) >= 11 is 12.1. The van der Waals surface area contributed by atoms with Gasteiger partial charge in [-0.15, -0.1) is 12.4 Å². The quantitative estimate of drug-likeness (QED) is 0.647. The first kappa shape index (κ1) is 22.4. The zero-order valence-electron chi connectivity index (χ0n) is 16.6. The molecule has 0 N–H and O–H groups in total. The van der Waals surface area contributed by atoms with Crippen molar-refractivity contribution in [2.75, 3.05) is 20.1 Å². The number of carbonyl (C=O) groups is 1. The Balaban J connectivity index is 0.00000240. The van der Waals surface area contributed by atoms with E-state index in [2.05, 4.69) is 29.2 Å². The average molecular weight is 454 g/mol. The molecule has 6 heteroatoms. The molecule has 2 atom stereocenters. The predicted octanol–water partition coefficient (Wildman–Crippen LogP) is 5.05. The van der Waals surface area contributed by atoms with Crippen molar-refractivity contribution >= 4 is 41.5 Å². The number of amides is 1. The van der Waals surface area contributed by atoms with Gasteiger partial charge in [0.1, 0.15) is 0 Å². The summed E-state index contributed by atoms with van der Waals surface area (Å²) in [5.41, 5.74) is 3.71. The van der Waals surface area contributed by atoms with Gasteiger partial charge in [0.2, 0.25) is 5.91 Å². The minimum atomic E-state index is 0. The van der Waals surface area contributed by atoms with E-state index in [1.807, 2.05) is 18.0 Å². The van der Waals surface area contributed by atoms with Crippen molar-refractivity contribution in [3.05, 3.63) is 69.2 Å². The van der Waals surface area contributed by atoms with Crippen molar-refractivity contribution in [2.45, 2.75) is 44.2 Å². The van der Waals surface area contributed by atoms with Crippen LogP contribution in [0, 0.1) is 0 Å². The molecule has 1 aliphatic carbocycles. The Bertz CT molecular complexity index is 867. The molecule has 4 rings (SSSR count). The maximum absolute atomic E-state index is 13.1. The van der Waals surface area contributed by atoms with Crippen LogP contribution in [0.1, 0.15) is 29.5 Å². The number of fused-ring (bicyclic) bond motifs is 1. The molecule has 156 valence electrons. The molecule has 1 amide bonds. The lowest BCUT2D eigenvalue weighted by Gasteiger charge is -2.43. The number of rotatable bonds is 4. The van der Waals surface area contributed by atoms with Crippen LogP contribution < -0.4 is 0 Å². The van der Waals surface area contributed by atoms with Gasteiger partial charge in [0.25, 0.3) is 0 Å². The second-order valence-electron chi connectivity index (χ2n) is 7.98. The largest absolute Gasteiger partial charge is 0.341 e. The van der Waals surface area contributed by atoms with Crippen LogP contribution >= 0.6 is 35.6 Å². The summed E-state index contributed by atoms with van der Waals surface area (Å²) in [6.45, 7) is 2.27. The highest BCUT2D eigenvalue weighted by atomic mass is 35.5. The molecular weight excluding hydrogens is 427 g/mol. The van der Waals surface area contributed by atoms with E-state index in [1.54, 1.807) is 12.1 Å². The number of nitrogens with zero attached hydrogens (tertiary/aromatic N) is 2. The van der Waals surface area contributed by atoms with E-state index in [1.165, 1.54) is 24.0 Å². The third-order valence-electron chi connectivity index (χ3n) is 6.26. The molecule has 0 radical (unpaired) electrons. The highest BCUT2D eigenvalue weighted by molar-refractivity contribution is 6.42. The minimum absolute atomic E-state index is 0. The molecule has 1 saturated heterocycles. The minimum Gasteiger partial charge on any atom is -0.341 e. The third-order valence-corrected chi connectivity index (χ3v) is 7.00. The standard InChI is InChI=1S/C23H26Cl2N2O.ClH/c1-26(23(28)13-16-8-9-19(24)20(25)12-16)21-14-17-6-2-3-7-18(17)15-22(21)27-10-4-5-11-27;/h2-3,6-9,12,21-22H,4-5,10-11,13-15H2,1H3;1H/t21-,22-;/m1./s1. The first-order valence-corrected chi connectivity index (χ1v) is 10.8. The Kier molecular flexibility index (Phi) is 7.50. The molecular formula is C23H27Cl3N2O. The third kappa shape index (κ3) is 4.91. The van der Waals surface area contributed by atoms with Crippen LogP contribution in [0.2, 0.25) is 10.0 Å². The predicted molar refractivity (Wildman–Crippen MR) is 122 cm³/mol. The maximum Gasteiger partial charge on any atom is 0.227 e. The number of hydrogen-bond acceptors (Lipinski definition) is 2. The molecule has 0 saturated carbocycles. The van der Waals surface area contributed by atoms with Gasteiger partial charge >= 0.3 is 0 Å². The molecule has 1 fully saturated rings. The number of halogens is 3. The molecule has 3 nitrogen and oxygen atoms in total. The second-order valence-corrected chi connectivity index (χ2v) is 8.80. The number of benzene rings is 2. The smallest absolute Gasteiger partial charge is 0.227 e. The Labute approximate surface area is 189 Å². The number of hydrogen-bond donors (Lipinski definition) is 0. The van der Waals surface area contributed by atoms with E-state index < -0.39 is 0 Å². The van der Waals surface area contributed by atoms with Crippen molar-refractivity contribution in [1.29, 1.82) is 0 Å². The SMILES string of the molecule is CN(C(=O)Cc1ccc(Cl)c(Cl)c1)[C@@H]1Cc2ccccc2C[C@H]1N1CCCC1.Cl. The lowest BCUT2D eigenvalue weighted by molar-refractivity contribution is -0.132. The number of likely N-dealkylation sites (N-methyl/N-ethyl adjacent to an activating group) is 1. The molecule has 2 aliphatic rings. The Morgan fingerprint density at radius 1 is 1.03 bits per heavy atom.